The molecule has 0 amide bonds. The second-order valence-electron chi connectivity index (χ2n) is 7.48. The first-order valence-electron chi connectivity index (χ1n) is 10.1. The van der Waals surface area contributed by atoms with E-state index in [1.807, 2.05) is 47.7 Å². The monoisotopic (exact) mass is 480 g/mol. The van der Waals surface area contributed by atoms with Crippen molar-refractivity contribution in [2.45, 2.75) is 17.8 Å². The van der Waals surface area contributed by atoms with Gasteiger partial charge in [0.25, 0.3) is 5.56 Å². The van der Waals surface area contributed by atoms with Crippen LogP contribution in [0, 0.1) is 12.7 Å². The van der Waals surface area contributed by atoms with Gasteiger partial charge in [0.05, 0.1) is 23.7 Å². The second-order valence-corrected chi connectivity index (χ2v) is 8.83. The van der Waals surface area contributed by atoms with E-state index in [4.69, 9.17) is 16.3 Å². The second kappa shape index (κ2) is 8.53. The molecular formula is C24H18ClFN4O2S. The molecule has 0 aliphatic heterocycles. The normalized spacial score (nSPS) is 11.4. The van der Waals surface area contributed by atoms with Crippen LogP contribution in [0.3, 0.4) is 0 Å². The standard InChI is InChI=1S/C24H18ClFN4O2S/c1-14-7-10-21(32-2)20(11-14)29-22(31)17-5-3-4-6-19(17)30-23(29)27-28-24(30)33-13-15-8-9-16(26)12-18(15)25/h3-12H,13H2,1-2H3. The number of aromatic nitrogens is 4. The first-order valence-corrected chi connectivity index (χ1v) is 11.4. The lowest BCUT2D eigenvalue weighted by Gasteiger charge is -2.14. The number of thioether (sulfide) groups is 1. The van der Waals surface area contributed by atoms with Crippen molar-refractivity contribution in [2.24, 2.45) is 0 Å². The molecular weight excluding hydrogens is 463 g/mol. The molecule has 3 aromatic carbocycles. The minimum Gasteiger partial charge on any atom is -0.495 e. The minimum absolute atomic E-state index is 0.215. The summed E-state index contributed by atoms with van der Waals surface area (Å²) in [7, 11) is 1.56. The third kappa shape index (κ3) is 3.75. The molecule has 0 aliphatic rings. The number of halogens is 2. The summed E-state index contributed by atoms with van der Waals surface area (Å²) in [5.41, 5.74) is 2.82. The van der Waals surface area contributed by atoms with E-state index in [0.717, 1.165) is 11.1 Å². The summed E-state index contributed by atoms with van der Waals surface area (Å²) in [5, 5.41) is 10.2. The highest BCUT2D eigenvalue weighted by Crippen LogP contribution is 2.30. The first kappa shape index (κ1) is 21.5. The van der Waals surface area contributed by atoms with E-state index in [1.54, 1.807) is 19.2 Å². The molecule has 5 rings (SSSR count). The predicted molar refractivity (Wildman–Crippen MR) is 128 cm³/mol. The van der Waals surface area contributed by atoms with Crippen LogP contribution in [0.1, 0.15) is 11.1 Å². The topological polar surface area (TPSA) is 61.4 Å². The lowest BCUT2D eigenvalue weighted by molar-refractivity contribution is 0.412. The lowest BCUT2D eigenvalue weighted by Crippen LogP contribution is -2.22. The van der Waals surface area contributed by atoms with Gasteiger partial charge in [-0.3, -0.25) is 9.20 Å². The predicted octanol–water partition coefficient (Wildman–Crippen LogP) is 5.44. The van der Waals surface area contributed by atoms with Gasteiger partial charge < -0.3 is 4.74 Å². The van der Waals surface area contributed by atoms with Crippen LogP contribution < -0.4 is 10.3 Å². The minimum atomic E-state index is -0.385. The highest BCUT2D eigenvalue weighted by molar-refractivity contribution is 7.98. The van der Waals surface area contributed by atoms with Gasteiger partial charge in [0.1, 0.15) is 11.6 Å². The number of para-hydroxylation sites is 1. The van der Waals surface area contributed by atoms with Crippen molar-refractivity contribution in [2.75, 3.05) is 7.11 Å². The molecule has 166 valence electrons. The summed E-state index contributed by atoms with van der Waals surface area (Å²) in [5.74, 6) is 0.996. The quantitative estimate of drug-likeness (QED) is 0.314. The molecule has 0 N–H and O–H groups in total. The summed E-state index contributed by atoms with van der Waals surface area (Å²) < 4.78 is 22.3. The number of hydrogen-bond acceptors (Lipinski definition) is 5. The summed E-state index contributed by atoms with van der Waals surface area (Å²) in [6.07, 6.45) is 0. The average Bonchev–Trinajstić information content (AvgIpc) is 3.22. The number of rotatable bonds is 5. The Hall–Kier alpha value is -3.36. The van der Waals surface area contributed by atoms with Crippen LogP contribution in [0.15, 0.2) is 70.6 Å². The van der Waals surface area contributed by atoms with Gasteiger partial charge in [-0.1, -0.05) is 47.6 Å². The fourth-order valence-electron chi connectivity index (χ4n) is 3.75. The Morgan fingerprint density at radius 2 is 1.91 bits per heavy atom. The Morgan fingerprint density at radius 1 is 1.09 bits per heavy atom. The molecule has 0 aliphatic carbocycles. The summed E-state index contributed by atoms with van der Waals surface area (Å²) in [6, 6.07) is 17.3. The number of ether oxygens (including phenoxy) is 1. The maximum absolute atomic E-state index is 13.6. The fourth-order valence-corrected chi connectivity index (χ4v) is 5.00. The molecule has 5 aromatic rings. The summed E-state index contributed by atoms with van der Waals surface area (Å²) in [4.78, 5) is 13.6. The molecule has 0 spiro atoms. The van der Waals surface area contributed by atoms with Crippen molar-refractivity contribution in [3.05, 3.63) is 93.0 Å². The highest BCUT2D eigenvalue weighted by Gasteiger charge is 2.20. The van der Waals surface area contributed by atoms with Crippen LogP contribution in [-0.2, 0) is 5.75 Å². The van der Waals surface area contributed by atoms with E-state index in [0.29, 0.717) is 44.0 Å². The van der Waals surface area contributed by atoms with E-state index < -0.39 is 0 Å². The maximum atomic E-state index is 13.6. The number of fused-ring (bicyclic) bond motifs is 3. The largest absolute Gasteiger partial charge is 0.495 e. The van der Waals surface area contributed by atoms with Gasteiger partial charge >= 0.3 is 0 Å². The molecule has 33 heavy (non-hydrogen) atoms. The van der Waals surface area contributed by atoms with Crippen molar-refractivity contribution in [1.29, 1.82) is 0 Å². The Morgan fingerprint density at radius 3 is 2.70 bits per heavy atom. The van der Waals surface area contributed by atoms with Crippen LogP contribution in [-0.4, -0.2) is 26.3 Å². The van der Waals surface area contributed by atoms with Crippen molar-refractivity contribution in [3.63, 3.8) is 0 Å². The molecule has 0 unspecified atom stereocenters. The molecule has 0 atom stereocenters. The molecule has 2 aromatic heterocycles. The maximum Gasteiger partial charge on any atom is 0.267 e. The summed E-state index contributed by atoms with van der Waals surface area (Å²) in [6.45, 7) is 1.95. The molecule has 0 saturated carbocycles. The van der Waals surface area contributed by atoms with Crippen LogP contribution in [0.5, 0.6) is 5.75 Å². The first-order chi connectivity index (χ1) is 16.0. The zero-order chi connectivity index (χ0) is 23.1. The van der Waals surface area contributed by atoms with Crippen molar-refractivity contribution in [3.8, 4) is 11.4 Å². The van der Waals surface area contributed by atoms with E-state index >= 15 is 0 Å². The Labute approximate surface area is 197 Å². The van der Waals surface area contributed by atoms with Gasteiger partial charge in [0.15, 0.2) is 5.16 Å². The molecule has 0 radical (unpaired) electrons. The van der Waals surface area contributed by atoms with E-state index in [1.165, 1.54) is 28.5 Å². The van der Waals surface area contributed by atoms with E-state index in [-0.39, 0.29) is 11.4 Å². The number of hydrogen-bond donors (Lipinski definition) is 0. The third-order valence-electron chi connectivity index (χ3n) is 5.34. The van der Waals surface area contributed by atoms with Crippen molar-refractivity contribution < 1.29 is 9.13 Å². The van der Waals surface area contributed by atoms with Crippen LogP contribution in [0.2, 0.25) is 5.02 Å². The Balaban J connectivity index is 1.73. The smallest absolute Gasteiger partial charge is 0.267 e. The Kier molecular flexibility index (Phi) is 5.55. The molecule has 6 nitrogen and oxygen atoms in total. The lowest BCUT2D eigenvalue weighted by atomic mass is 10.2. The van der Waals surface area contributed by atoms with Crippen LogP contribution >= 0.6 is 23.4 Å². The van der Waals surface area contributed by atoms with Crippen LogP contribution in [0.4, 0.5) is 4.39 Å². The number of methoxy groups -OCH3 is 1. The van der Waals surface area contributed by atoms with E-state index in [9.17, 15) is 9.18 Å². The van der Waals surface area contributed by atoms with Crippen molar-refractivity contribution >= 4 is 40.0 Å². The van der Waals surface area contributed by atoms with Gasteiger partial charge in [-0.2, -0.15) is 0 Å². The molecule has 0 bridgehead atoms. The van der Waals surface area contributed by atoms with Crippen molar-refractivity contribution in [1.82, 2.24) is 19.2 Å². The fraction of sp³-hybridized carbons (Fsp3) is 0.125. The molecule has 0 saturated heterocycles. The highest BCUT2D eigenvalue weighted by atomic mass is 35.5. The molecule has 0 fully saturated rings. The number of aryl methyl sites for hydroxylation is 1. The number of nitrogens with zero attached hydrogens (tertiary/aromatic N) is 4. The molecule has 9 heteroatoms. The third-order valence-corrected chi connectivity index (χ3v) is 6.67. The van der Waals surface area contributed by atoms with Gasteiger partial charge in [0, 0.05) is 10.8 Å². The van der Waals surface area contributed by atoms with Crippen LogP contribution in [0.25, 0.3) is 22.4 Å². The van der Waals surface area contributed by atoms with Gasteiger partial charge in [0.2, 0.25) is 5.78 Å². The van der Waals surface area contributed by atoms with Gasteiger partial charge in [-0.05, 0) is 54.4 Å². The summed E-state index contributed by atoms with van der Waals surface area (Å²) >= 11 is 7.60. The Bertz CT molecular complexity index is 1580. The van der Waals surface area contributed by atoms with Gasteiger partial charge in [-0.25, -0.2) is 8.96 Å². The van der Waals surface area contributed by atoms with Gasteiger partial charge in [-0.15, -0.1) is 10.2 Å². The number of benzene rings is 3. The zero-order valence-electron chi connectivity index (χ0n) is 17.8. The SMILES string of the molecule is COc1ccc(C)cc1-n1c(=O)c2ccccc2n2c(SCc3ccc(F)cc3Cl)nnc12. The average molecular weight is 481 g/mol. The molecule has 2 heterocycles. The van der Waals surface area contributed by atoms with E-state index in [2.05, 4.69) is 10.2 Å². The zero-order valence-corrected chi connectivity index (χ0v) is 19.3.